The number of aromatic amines is 1. The zero-order chi connectivity index (χ0) is 33.7. The number of fused-ring (bicyclic) bond motifs is 1. The number of carbonyl (C=O) groups is 1. The molecule has 1 aliphatic heterocycles. The monoisotopic (exact) mass is 700 g/mol. The lowest BCUT2D eigenvalue weighted by molar-refractivity contribution is -0.274. The standard InChI is InChI=1S/C28H22F6N6O5S2/c29-27(30,31)17-5-9-19(10-6-17)47(43,44)40-12-11-39(26-38-23-21(46-26)25(42)37-22(36-23)16-3-4-16)14-20(40)24(41)35-13-15-1-7-18(8-2-15)45-28(32,33)34/h1-2,5,7-9,16,20H,3-4,11-14H2,(H,35,41)(H,36,37,42)/t20-/m1/s1. The highest BCUT2D eigenvalue weighted by molar-refractivity contribution is 7.89. The number of sulfonamides is 1. The van der Waals surface area contributed by atoms with Gasteiger partial charge in [0.15, 0.2) is 10.8 Å². The Morgan fingerprint density at radius 1 is 1.04 bits per heavy atom. The molecule has 1 amide bonds. The minimum absolute atomic E-state index is 0.00123. The highest BCUT2D eigenvalue weighted by Crippen LogP contribution is 2.38. The molecule has 1 atom stereocenters. The number of thiazole rings is 1. The number of nitrogens with one attached hydrogen (secondary N) is 2. The summed E-state index contributed by atoms with van der Waals surface area (Å²) < 4.78 is 109. The van der Waals surface area contributed by atoms with Gasteiger partial charge in [0.05, 0.1) is 0 Å². The molecular weight excluding hydrogens is 678 g/mol. The second-order valence-electron chi connectivity index (χ2n) is 10.7. The number of aromatic nitrogens is 3. The number of halogens is 6. The van der Waals surface area contributed by atoms with Gasteiger partial charge < -0.3 is 19.9 Å². The first kappa shape index (κ1) is 32.5. The van der Waals surface area contributed by atoms with E-state index >= 15 is 0 Å². The predicted molar refractivity (Wildman–Crippen MR) is 154 cm³/mol. The summed E-state index contributed by atoms with van der Waals surface area (Å²) in [6.07, 6.45) is -7.90. The predicted octanol–water partition coefficient (Wildman–Crippen LogP) is 3.97. The van der Waals surface area contributed by atoms with Crippen molar-refractivity contribution in [1.82, 2.24) is 24.6 Å². The molecule has 0 spiro atoms. The molecule has 0 bridgehead atoms. The molecule has 47 heavy (non-hydrogen) atoms. The first-order valence-electron chi connectivity index (χ1n) is 13.9. The Balaban J connectivity index is 1.26. The molecule has 19 heteroatoms. The van der Waals surface area contributed by atoms with Crippen LogP contribution in [0.15, 0.2) is 46.1 Å². The molecule has 2 aliphatic rings. The molecule has 11 nitrogen and oxygen atoms in total. The summed E-state index contributed by atoms with van der Waals surface area (Å²) >= 11 is 1.01. The van der Waals surface area contributed by atoms with Crippen molar-refractivity contribution in [3.8, 4) is 5.75 Å². The molecule has 1 saturated carbocycles. The number of ether oxygens (including phenoxy) is 1. The number of nitrogens with zero attached hydrogens (tertiary/aromatic N) is 4. The number of carbonyl (C=O) groups excluding carboxylic acids is 1. The van der Waals surface area contributed by atoms with E-state index < -0.39 is 50.7 Å². The van der Waals surface area contributed by atoms with Gasteiger partial charge in [0.25, 0.3) is 15.6 Å². The number of piperazine rings is 1. The van der Waals surface area contributed by atoms with Crippen LogP contribution in [0.5, 0.6) is 5.75 Å². The average Bonchev–Trinajstić information content (AvgIpc) is 3.77. The molecular formula is C28H22F6N6O5S2. The van der Waals surface area contributed by atoms with Crippen LogP contribution in [0.25, 0.3) is 10.3 Å². The Labute approximate surface area is 266 Å². The smallest absolute Gasteiger partial charge is 0.406 e. The normalized spacial score (nSPS) is 17.8. The van der Waals surface area contributed by atoms with Crippen LogP contribution in [0, 0.1) is 12.1 Å². The van der Waals surface area contributed by atoms with Crippen molar-refractivity contribution in [3.63, 3.8) is 0 Å². The maximum Gasteiger partial charge on any atom is 0.573 e. The molecule has 2 aromatic heterocycles. The summed E-state index contributed by atoms with van der Waals surface area (Å²) in [7, 11) is -4.59. The van der Waals surface area contributed by atoms with Crippen LogP contribution >= 0.6 is 11.3 Å². The number of hydrogen-bond donors (Lipinski definition) is 2. The lowest BCUT2D eigenvalue weighted by Crippen LogP contribution is -2.60. The van der Waals surface area contributed by atoms with Crippen molar-refractivity contribution in [2.45, 2.75) is 48.8 Å². The van der Waals surface area contributed by atoms with Crippen molar-refractivity contribution in [2.24, 2.45) is 0 Å². The Morgan fingerprint density at radius 2 is 1.77 bits per heavy atom. The molecule has 3 heterocycles. The van der Waals surface area contributed by atoms with E-state index in [-0.39, 0.29) is 48.0 Å². The summed E-state index contributed by atoms with van der Waals surface area (Å²) in [4.78, 5) is 38.9. The Kier molecular flexibility index (Phi) is 8.30. The lowest BCUT2D eigenvalue weighted by atomic mass is 10.1. The Hall–Kier alpha value is -4.41. The van der Waals surface area contributed by atoms with Crippen LogP contribution in [-0.4, -0.2) is 65.6 Å². The van der Waals surface area contributed by atoms with E-state index in [4.69, 9.17) is 0 Å². The van der Waals surface area contributed by atoms with Gasteiger partial charge in [0.1, 0.15) is 32.8 Å². The van der Waals surface area contributed by atoms with E-state index in [1.807, 2.05) is 12.1 Å². The third-order valence-electron chi connectivity index (χ3n) is 7.38. The van der Waals surface area contributed by atoms with E-state index in [0.29, 0.717) is 22.6 Å². The lowest BCUT2D eigenvalue weighted by Gasteiger charge is -2.39. The first-order valence-corrected chi connectivity index (χ1v) is 16.2. The maximum absolute atomic E-state index is 13.6. The summed E-state index contributed by atoms with van der Waals surface area (Å²) in [5.41, 5.74) is -1.04. The van der Waals surface area contributed by atoms with Gasteiger partial charge in [-0.05, 0) is 48.7 Å². The second kappa shape index (κ2) is 12.0. The highest BCUT2D eigenvalue weighted by Gasteiger charge is 2.42. The van der Waals surface area contributed by atoms with Crippen LogP contribution in [0.3, 0.4) is 0 Å². The number of alkyl halides is 6. The van der Waals surface area contributed by atoms with Crippen LogP contribution in [-0.2, 0) is 27.5 Å². The molecule has 1 aliphatic carbocycles. The van der Waals surface area contributed by atoms with Gasteiger partial charge in [-0.1, -0.05) is 29.5 Å². The van der Waals surface area contributed by atoms with Crippen LogP contribution < -0.4 is 20.5 Å². The fourth-order valence-electron chi connectivity index (χ4n) is 4.90. The summed E-state index contributed by atoms with van der Waals surface area (Å²) in [6, 6.07) is 8.31. The largest absolute Gasteiger partial charge is 0.573 e. The number of hydrogen-bond acceptors (Lipinski definition) is 9. The fourth-order valence-corrected chi connectivity index (χ4v) is 7.32. The quantitative estimate of drug-likeness (QED) is 0.264. The van der Waals surface area contributed by atoms with Crippen molar-refractivity contribution in [2.75, 3.05) is 24.5 Å². The van der Waals surface area contributed by atoms with E-state index in [2.05, 4.69) is 25.0 Å². The van der Waals surface area contributed by atoms with Gasteiger partial charge in [-0.3, -0.25) is 9.59 Å². The molecule has 0 unspecified atom stereocenters. The topological polar surface area (TPSA) is 138 Å². The molecule has 2 aromatic carbocycles. The average molecular weight is 701 g/mol. The Bertz CT molecular complexity index is 1960. The third kappa shape index (κ3) is 7.13. The van der Waals surface area contributed by atoms with Crippen molar-refractivity contribution in [3.05, 3.63) is 75.8 Å². The van der Waals surface area contributed by atoms with Crippen LogP contribution in [0.4, 0.5) is 31.5 Å². The van der Waals surface area contributed by atoms with E-state index in [1.165, 1.54) is 12.1 Å². The number of H-pyrrole nitrogens is 1. The van der Waals surface area contributed by atoms with Gasteiger partial charge in [0.2, 0.25) is 5.91 Å². The molecule has 4 aromatic rings. The second-order valence-corrected chi connectivity index (χ2v) is 13.6. The minimum atomic E-state index is -4.90. The van der Waals surface area contributed by atoms with E-state index in [1.54, 1.807) is 4.90 Å². The van der Waals surface area contributed by atoms with E-state index in [0.717, 1.165) is 46.7 Å². The molecule has 1 saturated heterocycles. The third-order valence-corrected chi connectivity index (χ3v) is 10.3. The van der Waals surface area contributed by atoms with Crippen LogP contribution in [0.2, 0.25) is 0 Å². The van der Waals surface area contributed by atoms with Crippen molar-refractivity contribution >= 4 is 42.7 Å². The molecule has 2 fully saturated rings. The highest BCUT2D eigenvalue weighted by atomic mass is 32.2. The number of rotatable bonds is 8. The zero-order valence-corrected chi connectivity index (χ0v) is 25.4. The summed E-state index contributed by atoms with van der Waals surface area (Å²) in [5, 5.41) is 2.87. The van der Waals surface area contributed by atoms with Gasteiger partial charge >= 0.3 is 12.5 Å². The molecule has 2 N–H and O–H groups in total. The molecule has 6 rings (SSSR count). The van der Waals surface area contributed by atoms with Crippen LogP contribution in [0.1, 0.15) is 35.7 Å². The van der Waals surface area contributed by atoms with Gasteiger partial charge in [0, 0.05) is 32.1 Å². The minimum Gasteiger partial charge on any atom is -0.406 e. The SMILES string of the molecule is O=C(NCc1ccc(OC(F)(F)F)cc1)[C@H]1CN(c2nc3nc(C4CC4)[nH]c(=O)c3s2)CCN1S(=O)(=O)c1c#cc(C(F)(F)F)cc1. The number of anilines is 1. The number of amides is 1. The van der Waals surface area contributed by atoms with Crippen molar-refractivity contribution < 1.29 is 44.3 Å². The first-order chi connectivity index (χ1) is 22.1. The van der Waals surface area contributed by atoms with Gasteiger partial charge in [-0.2, -0.15) is 22.5 Å². The number of benzene rings is 1. The summed E-state index contributed by atoms with van der Waals surface area (Å²) in [6.45, 7) is -0.770. The van der Waals surface area contributed by atoms with Gasteiger partial charge in [-0.15, -0.1) is 13.2 Å². The molecule has 248 valence electrons. The maximum atomic E-state index is 13.6. The van der Waals surface area contributed by atoms with Gasteiger partial charge in [-0.25, -0.2) is 13.4 Å². The fraction of sp³-hybridized carbons (Fsp3) is 0.357. The Morgan fingerprint density at radius 3 is 2.38 bits per heavy atom. The summed E-state index contributed by atoms with van der Waals surface area (Å²) in [5.74, 6) is -0.620. The molecule has 0 radical (unpaired) electrons. The van der Waals surface area contributed by atoms with Crippen molar-refractivity contribution in [1.29, 1.82) is 0 Å². The zero-order valence-electron chi connectivity index (χ0n) is 23.8. The van der Waals surface area contributed by atoms with E-state index in [9.17, 15) is 44.3 Å².